The van der Waals surface area contributed by atoms with Crippen molar-refractivity contribution in [2.24, 2.45) is 0 Å². The average molecular weight is 667 g/mol. The molecule has 3 heteroatoms. The molecule has 3 heterocycles. The van der Waals surface area contributed by atoms with Crippen LogP contribution in [-0.4, -0.2) is 9.13 Å². The normalized spacial score (nSPS) is 11.9. The van der Waals surface area contributed by atoms with Crippen molar-refractivity contribution in [2.75, 3.05) is 0 Å². The number of thiophene rings is 1. The molecule has 0 unspecified atom stereocenters. The summed E-state index contributed by atoms with van der Waals surface area (Å²) in [5.41, 5.74) is 12.1. The van der Waals surface area contributed by atoms with Crippen LogP contribution in [0.2, 0.25) is 0 Å². The third-order valence-corrected chi connectivity index (χ3v) is 11.7. The van der Waals surface area contributed by atoms with Crippen LogP contribution in [-0.2, 0) is 0 Å². The van der Waals surface area contributed by atoms with Crippen LogP contribution in [0.3, 0.4) is 0 Å². The van der Waals surface area contributed by atoms with E-state index < -0.39 is 0 Å². The molecule has 0 saturated carbocycles. The van der Waals surface area contributed by atoms with Crippen LogP contribution in [0.15, 0.2) is 182 Å². The third kappa shape index (κ3) is 4.35. The molecule has 11 aromatic rings. The molecule has 0 N–H and O–H groups in total. The Bertz CT molecular complexity index is 3100. The quantitative estimate of drug-likeness (QED) is 0.177. The number of hydrogen-bond acceptors (Lipinski definition) is 1. The Kier molecular flexibility index (Phi) is 6.16. The molecule has 0 radical (unpaired) electrons. The lowest BCUT2D eigenvalue weighted by Crippen LogP contribution is -1.94. The topological polar surface area (TPSA) is 9.86 Å². The van der Waals surface area contributed by atoms with E-state index in [-0.39, 0.29) is 0 Å². The molecule has 0 aliphatic heterocycles. The summed E-state index contributed by atoms with van der Waals surface area (Å²) in [6.45, 7) is 0. The summed E-state index contributed by atoms with van der Waals surface area (Å²) in [5, 5.41) is 7.78. The zero-order valence-corrected chi connectivity index (χ0v) is 28.4. The van der Waals surface area contributed by atoms with Gasteiger partial charge < -0.3 is 9.13 Å². The number of hydrogen-bond donors (Lipinski definition) is 0. The predicted octanol–water partition coefficient (Wildman–Crippen LogP) is 13.6. The van der Waals surface area contributed by atoms with Crippen molar-refractivity contribution < 1.29 is 0 Å². The Labute approximate surface area is 298 Å². The van der Waals surface area contributed by atoms with E-state index in [9.17, 15) is 0 Å². The van der Waals surface area contributed by atoms with Crippen LogP contribution in [0.25, 0.3) is 97.4 Å². The van der Waals surface area contributed by atoms with E-state index in [1.165, 1.54) is 91.7 Å². The fraction of sp³-hybridized carbons (Fsp3) is 0. The second-order valence-corrected chi connectivity index (χ2v) is 14.4. The van der Waals surface area contributed by atoms with E-state index in [1.54, 1.807) is 0 Å². The predicted molar refractivity (Wildman–Crippen MR) is 219 cm³/mol. The van der Waals surface area contributed by atoms with Gasteiger partial charge in [0.15, 0.2) is 0 Å². The number of rotatable bonds is 4. The smallest absolute Gasteiger partial charge is 0.0555 e. The maximum absolute atomic E-state index is 2.42. The van der Waals surface area contributed by atoms with Crippen LogP contribution < -0.4 is 0 Å². The van der Waals surface area contributed by atoms with Crippen molar-refractivity contribution in [3.63, 3.8) is 0 Å². The molecule has 0 aliphatic carbocycles. The molecule has 0 saturated heterocycles. The minimum atomic E-state index is 1.16. The van der Waals surface area contributed by atoms with Crippen LogP contribution >= 0.6 is 11.3 Å². The molecule has 0 spiro atoms. The van der Waals surface area contributed by atoms with Gasteiger partial charge in [0, 0.05) is 53.1 Å². The molecule has 0 atom stereocenters. The second-order valence-electron chi connectivity index (χ2n) is 13.4. The van der Waals surface area contributed by atoms with Gasteiger partial charge in [-0.3, -0.25) is 0 Å². The molecule has 238 valence electrons. The lowest BCUT2D eigenvalue weighted by molar-refractivity contribution is 1.18. The van der Waals surface area contributed by atoms with Crippen LogP contribution in [0.4, 0.5) is 0 Å². The van der Waals surface area contributed by atoms with E-state index >= 15 is 0 Å². The van der Waals surface area contributed by atoms with Crippen molar-refractivity contribution in [1.82, 2.24) is 9.13 Å². The maximum atomic E-state index is 2.42. The van der Waals surface area contributed by atoms with E-state index in [2.05, 4.69) is 191 Å². The summed E-state index contributed by atoms with van der Waals surface area (Å²) >= 11 is 1.88. The highest BCUT2D eigenvalue weighted by molar-refractivity contribution is 7.25. The summed E-state index contributed by atoms with van der Waals surface area (Å²) in [5.74, 6) is 0. The molecule has 11 rings (SSSR count). The zero-order chi connectivity index (χ0) is 33.5. The Morgan fingerprint density at radius 2 is 0.765 bits per heavy atom. The molecule has 0 fully saturated rings. The van der Waals surface area contributed by atoms with E-state index in [0.717, 1.165) is 5.69 Å². The zero-order valence-electron chi connectivity index (χ0n) is 27.6. The Morgan fingerprint density at radius 3 is 1.43 bits per heavy atom. The first-order valence-corrected chi connectivity index (χ1v) is 18.2. The van der Waals surface area contributed by atoms with E-state index in [4.69, 9.17) is 0 Å². The number of para-hydroxylation sites is 2. The number of aromatic nitrogens is 2. The van der Waals surface area contributed by atoms with Crippen LogP contribution in [0, 0.1) is 0 Å². The van der Waals surface area contributed by atoms with Crippen molar-refractivity contribution in [1.29, 1.82) is 0 Å². The lowest BCUT2D eigenvalue weighted by Gasteiger charge is -2.11. The number of benzene rings is 8. The van der Waals surface area contributed by atoms with Gasteiger partial charge in [0.1, 0.15) is 0 Å². The van der Waals surface area contributed by atoms with Gasteiger partial charge in [0.25, 0.3) is 0 Å². The largest absolute Gasteiger partial charge is 0.309 e. The molecule has 0 amide bonds. The Morgan fingerprint density at radius 1 is 0.275 bits per heavy atom. The second kappa shape index (κ2) is 11.0. The molecular formula is C48H30N2S. The summed E-state index contributed by atoms with van der Waals surface area (Å²) < 4.78 is 7.47. The van der Waals surface area contributed by atoms with Gasteiger partial charge in [0.05, 0.1) is 22.1 Å². The summed E-state index contributed by atoms with van der Waals surface area (Å²) in [7, 11) is 0. The molecule has 2 nitrogen and oxygen atoms in total. The highest BCUT2D eigenvalue weighted by Gasteiger charge is 2.16. The SMILES string of the molecule is c1ccc(-c2ccc3c(c2)c2ccccc2n3-c2ccc(-c3ccc(-n4c5ccccc5c5cc6c(cc54)sc4ccccc46)cc3)cc2)cc1. The van der Waals surface area contributed by atoms with Gasteiger partial charge in [-0.05, 0) is 89.0 Å². The lowest BCUT2D eigenvalue weighted by atomic mass is 10.0. The van der Waals surface area contributed by atoms with Crippen LogP contribution in [0.1, 0.15) is 0 Å². The fourth-order valence-electron chi connectivity index (χ4n) is 8.13. The molecule has 3 aromatic heterocycles. The molecular weight excluding hydrogens is 637 g/mol. The summed E-state index contributed by atoms with van der Waals surface area (Å²) in [6.07, 6.45) is 0. The first kappa shape index (κ1) is 28.4. The molecule has 0 aliphatic rings. The van der Waals surface area contributed by atoms with Gasteiger partial charge >= 0.3 is 0 Å². The van der Waals surface area contributed by atoms with Gasteiger partial charge in [-0.2, -0.15) is 0 Å². The highest BCUT2D eigenvalue weighted by atomic mass is 32.1. The van der Waals surface area contributed by atoms with Gasteiger partial charge in [-0.25, -0.2) is 0 Å². The van der Waals surface area contributed by atoms with Gasteiger partial charge in [0.2, 0.25) is 0 Å². The van der Waals surface area contributed by atoms with E-state index in [1.807, 2.05) is 11.3 Å². The van der Waals surface area contributed by atoms with Crippen molar-refractivity contribution >= 4 is 75.1 Å². The Hall–Kier alpha value is -6.42. The first-order valence-electron chi connectivity index (χ1n) is 17.4. The summed E-state index contributed by atoms with van der Waals surface area (Å²) in [6, 6.07) is 66.6. The average Bonchev–Trinajstić information content (AvgIpc) is 3.84. The Balaban J connectivity index is 0.983. The maximum Gasteiger partial charge on any atom is 0.0555 e. The number of fused-ring (bicyclic) bond motifs is 9. The molecule has 8 aromatic carbocycles. The minimum absolute atomic E-state index is 1.16. The minimum Gasteiger partial charge on any atom is -0.309 e. The number of nitrogens with zero attached hydrogens (tertiary/aromatic N) is 2. The van der Waals surface area contributed by atoms with Crippen LogP contribution in [0.5, 0.6) is 0 Å². The standard InChI is InChI=1S/C48H30N2S/c1-2-10-31(11-3-1)34-22-27-45-40(28-34)37-12-4-7-15-43(37)49(45)35-23-18-32(19-24-35)33-20-25-36(26-21-33)50-44-16-8-5-13-38(44)41-29-42-39-14-6-9-17-47(39)51-48(42)30-46(41)50/h1-30H. The summed E-state index contributed by atoms with van der Waals surface area (Å²) in [4.78, 5) is 0. The van der Waals surface area contributed by atoms with Crippen molar-refractivity contribution in [3.8, 4) is 33.6 Å². The highest BCUT2D eigenvalue weighted by Crippen LogP contribution is 2.41. The van der Waals surface area contributed by atoms with Crippen molar-refractivity contribution in [2.45, 2.75) is 0 Å². The fourth-order valence-corrected chi connectivity index (χ4v) is 9.25. The monoisotopic (exact) mass is 666 g/mol. The third-order valence-electron chi connectivity index (χ3n) is 10.5. The van der Waals surface area contributed by atoms with Gasteiger partial charge in [-0.15, -0.1) is 11.3 Å². The van der Waals surface area contributed by atoms with E-state index in [0.29, 0.717) is 0 Å². The molecule has 51 heavy (non-hydrogen) atoms. The first-order chi connectivity index (χ1) is 25.3. The van der Waals surface area contributed by atoms with Crippen molar-refractivity contribution in [3.05, 3.63) is 182 Å². The van der Waals surface area contributed by atoms with Gasteiger partial charge in [-0.1, -0.05) is 115 Å². The molecule has 0 bridgehead atoms.